The van der Waals surface area contributed by atoms with E-state index in [-0.39, 0.29) is 17.2 Å². The van der Waals surface area contributed by atoms with E-state index >= 15 is 0 Å². The third-order valence-electron chi connectivity index (χ3n) is 1.98. The van der Waals surface area contributed by atoms with Gasteiger partial charge in [0, 0.05) is 0 Å². The summed E-state index contributed by atoms with van der Waals surface area (Å²) in [5.74, 6) is -0.102. The van der Waals surface area contributed by atoms with Crippen LogP contribution in [-0.4, -0.2) is 27.9 Å². The molecule has 0 saturated carbocycles. The van der Waals surface area contributed by atoms with Crippen molar-refractivity contribution in [2.24, 2.45) is 0 Å². The first-order valence-electron chi connectivity index (χ1n) is 4.61. The predicted molar refractivity (Wildman–Crippen MR) is 69.0 cm³/mol. The van der Waals surface area contributed by atoms with Gasteiger partial charge in [-0.3, -0.25) is 0 Å². The summed E-state index contributed by atoms with van der Waals surface area (Å²) in [7, 11) is 0. The van der Waals surface area contributed by atoms with Gasteiger partial charge in [-0.15, -0.1) is 0 Å². The maximum atomic E-state index is 11.5. The fraction of sp³-hybridized carbons (Fsp3) is 0.300. The van der Waals surface area contributed by atoms with Gasteiger partial charge in [0.2, 0.25) is 0 Å². The molecule has 3 nitrogen and oxygen atoms in total. The molecule has 1 unspecified atom stereocenters. The maximum absolute atomic E-state index is 11.5. The summed E-state index contributed by atoms with van der Waals surface area (Å²) in [5.41, 5.74) is 1.01. The third kappa shape index (κ3) is 3.39. The molecule has 0 aliphatic carbocycles. The van der Waals surface area contributed by atoms with Crippen LogP contribution in [0, 0.1) is 0 Å². The van der Waals surface area contributed by atoms with Crippen LogP contribution in [0.4, 0.5) is 5.69 Å². The van der Waals surface area contributed by atoms with Crippen molar-refractivity contribution in [3.8, 4) is 0 Å². The first-order valence-corrected chi connectivity index (χ1v) is 6.76. The number of aliphatic hydroxyl groups is 1. The number of aliphatic hydroxyl groups excluding tert-OH is 1. The molecule has 0 aliphatic heterocycles. The topological polar surface area (TPSA) is 49.3 Å². The van der Waals surface area contributed by atoms with Crippen LogP contribution < -0.4 is 5.32 Å². The number of rotatable bonds is 3. The van der Waals surface area contributed by atoms with Crippen LogP contribution >= 0.6 is 23.2 Å². The normalized spacial score (nSPS) is 12.3. The molecule has 0 heterocycles. The summed E-state index contributed by atoms with van der Waals surface area (Å²) in [4.78, 5) is 11.5. The van der Waals surface area contributed by atoms with Crippen molar-refractivity contribution in [2.45, 2.75) is 18.2 Å². The fourth-order valence-electron chi connectivity index (χ4n) is 1.05. The molecule has 0 fully saturated rings. The van der Waals surface area contributed by atoms with Gasteiger partial charge in [-0.2, -0.15) is 0 Å². The zero-order chi connectivity index (χ0) is 12.3. The van der Waals surface area contributed by atoms with Crippen LogP contribution in [0.2, 0.25) is 14.8 Å². The predicted octanol–water partition coefficient (Wildman–Crippen LogP) is 1.87. The second-order valence-electron chi connectivity index (χ2n) is 3.36. The Morgan fingerprint density at radius 2 is 2.12 bits per heavy atom. The standard InChI is InChI=1S/C10H12AsCl2NO2/c1-5(11)10(16)14-9-3-7(12)6(4-15)2-8(9)13/h2-3,5,15H,4,11H2,1H3,(H,14,16)/t5-/m0/s1. The molecule has 0 spiro atoms. The van der Waals surface area contributed by atoms with E-state index in [0.717, 1.165) is 0 Å². The molecular weight excluding hydrogens is 312 g/mol. The van der Waals surface area contributed by atoms with Crippen LogP contribution in [-0.2, 0) is 11.4 Å². The molecule has 0 aliphatic rings. The van der Waals surface area contributed by atoms with Gasteiger partial charge in [-0.05, 0) is 0 Å². The van der Waals surface area contributed by atoms with Crippen LogP contribution in [0.5, 0.6) is 0 Å². The van der Waals surface area contributed by atoms with Crippen molar-refractivity contribution in [1.82, 2.24) is 0 Å². The molecule has 6 heteroatoms. The van der Waals surface area contributed by atoms with Crippen molar-refractivity contribution in [1.29, 1.82) is 0 Å². The molecule has 1 amide bonds. The van der Waals surface area contributed by atoms with Crippen molar-refractivity contribution < 1.29 is 9.90 Å². The Balaban J connectivity index is 2.98. The van der Waals surface area contributed by atoms with Gasteiger partial charge in [0.05, 0.1) is 0 Å². The van der Waals surface area contributed by atoms with Crippen molar-refractivity contribution in [3.05, 3.63) is 27.7 Å². The Labute approximate surface area is 113 Å². The van der Waals surface area contributed by atoms with Crippen molar-refractivity contribution in [2.75, 3.05) is 5.32 Å². The Morgan fingerprint density at radius 3 is 2.62 bits per heavy atom. The Bertz CT molecular complexity index is 410. The number of halogens is 2. The van der Waals surface area contributed by atoms with Crippen molar-refractivity contribution >= 4 is 51.6 Å². The number of hydrogen-bond donors (Lipinski definition) is 2. The zero-order valence-corrected chi connectivity index (χ0v) is 12.6. The fourth-order valence-corrected chi connectivity index (χ4v) is 1.68. The average Bonchev–Trinajstić information content (AvgIpc) is 2.22. The number of benzene rings is 1. The van der Waals surface area contributed by atoms with E-state index in [1.165, 1.54) is 16.9 Å². The Hall–Kier alpha value is -0.212. The quantitative estimate of drug-likeness (QED) is 0.834. The van der Waals surface area contributed by atoms with E-state index in [1.54, 1.807) is 12.1 Å². The van der Waals surface area contributed by atoms with E-state index in [1.807, 2.05) is 6.92 Å². The first-order chi connectivity index (χ1) is 7.45. The molecular formula is C10H12AsCl2NO2. The van der Waals surface area contributed by atoms with E-state index in [0.29, 0.717) is 21.3 Å². The SMILES string of the molecule is C[C@H]([AsH2])C(=O)Nc1cc(Cl)c(CO)cc1Cl. The molecule has 88 valence electrons. The van der Waals surface area contributed by atoms with Crippen LogP contribution in [0.1, 0.15) is 12.5 Å². The number of amides is 1. The minimum atomic E-state index is -0.180. The average molecular weight is 324 g/mol. The molecule has 2 N–H and O–H groups in total. The summed E-state index contributed by atoms with van der Waals surface area (Å²) in [6, 6.07) is 3.09. The van der Waals surface area contributed by atoms with Gasteiger partial charge in [0.25, 0.3) is 0 Å². The molecule has 1 aromatic rings. The Morgan fingerprint density at radius 1 is 1.50 bits per heavy atom. The molecule has 16 heavy (non-hydrogen) atoms. The van der Waals surface area contributed by atoms with Crippen LogP contribution in [0.3, 0.4) is 0 Å². The zero-order valence-electron chi connectivity index (χ0n) is 8.63. The van der Waals surface area contributed by atoms with E-state index in [4.69, 9.17) is 28.3 Å². The van der Waals surface area contributed by atoms with Gasteiger partial charge >= 0.3 is 113 Å². The molecule has 0 bridgehead atoms. The summed E-state index contributed by atoms with van der Waals surface area (Å²) in [6.45, 7) is 1.63. The molecule has 0 saturated heterocycles. The molecule has 0 radical (unpaired) electrons. The Kier molecular flexibility index (Phi) is 5.13. The summed E-state index contributed by atoms with van der Waals surface area (Å²) < 4.78 is -0.0696. The van der Waals surface area contributed by atoms with E-state index in [9.17, 15) is 4.79 Å². The summed E-state index contributed by atoms with van der Waals surface area (Å²) >= 11 is 13.2. The summed E-state index contributed by atoms with van der Waals surface area (Å²) in [5, 5.41) is 12.4. The van der Waals surface area contributed by atoms with Crippen molar-refractivity contribution in [3.63, 3.8) is 0 Å². The van der Waals surface area contributed by atoms with E-state index < -0.39 is 0 Å². The number of anilines is 1. The second kappa shape index (κ2) is 5.92. The second-order valence-corrected chi connectivity index (χ2v) is 6.27. The molecule has 2 atom stereocenters. The number of nitrogens with one attached hydrogen (secondary N) is 1. The van der Waals surface area contributed by atoms with Gasteiger partial charge in [0.1, 0.15) is 0 Å². The monoisotopic (exact) mass is 323 g/mol. The number of carbonyl (C=O) groups is 1. The molecule has 0 aromatic heterocycles. The van der Waals surface area contributed by atoms with Crippen LogP contribution in [0.15, 0.2) is 12.1 Å². The van der Waals surface area contributed by atoms with E-state index in [2.05, 4.69) is 5.32 Å². The first kappa shape index (κ1) is 13.9. The summed E-state index contributed by atoms with van der Waals surface area (Å²) in [6.07, 6.45) is 0. The van der Waals surface area contributed by atoms with Crippen LogP contribution in [0.25, 0.3) is 0 Å². The van der Waals surface area contributed by atoms with Gasteiger partial charge < -0.3 is 0 Å². The van der Waals surface area contributed by atoms with Gasteiger partial charge in [-0.1, -0.05) is 0 Å². The van der Waals surface area contributed by atoms with Gasteiger partial charge in [-0.25, -0.2) is 0 Å². The third-order valence-corrected chi connectivity index (χ3v) is 3.28. The number of carbonyl (C=O) groups excluding carboxylic acids is 1. The number of hydrogen-bond acceptors (Lipinski definition) is 2. The molecule has 1 aromatic carbocycles. The molecule has 1 rings (SSSR count). The minimum absolute atomic E-state index is 0.0696. The van der Waals surface area contributed by atoms with Gasteiger partial charge in [0.15, 0.2) is 0 Å².